The summed E-state index contributed by atoms with van der Waals surface area (Å²) >= 11 is 0. The van der Waals surface area contributed by atoms with Crippen molar-refractivity contribution in [3.8, 4) is 90.3 Å². The standard InChI is InChI=1S/C49H33N5/c1-5-15-34(16-6-1)40-23-13-25-42(31-40)45-33-44(50-46(51-45)37-17-7-2-8-18-37)36-29-27-35(28-30-36)41-24-14-26-43(32-41)49-53-47(38-19-9-3-10-20-38)52-48(54-49)39-21-11-4-12-22-39/h1-33H. The van der Waals surface area contributed by atoms with Gasteiger partial charge in [-0.2, -0.15) is 0 Å². The van der Waals surface area contributed by atoms with Crippen molar-refractivity contribution < 1.29 is 0 Å². The molecule has 2 aromatic heterocycles. The predicted molar refractivity (Wildman–Crippen MR) is 219 cm³/mol. The quantitative estimate of drug-likeness (QED) is 0.159. The van der Waals surface area contributed by atoms with Gasteiger partial charge in [-0.3, -0.25) is 0 Å². The second kappa shape index (κ2) is 14.7. The summed E-state index contributed by atoms with van der Waals surface area (Å²) in [6, 6.07) is 68.2. The molecular weight excluding hydrogens is 659 g/mol. The molecule has 0 saturated heterocycles. The third kappa shape index (κ3) is 6.94. The Morgan fingerprint density at radius 3 is 1.00 bits per heavy atom. The van der Waals surface area contributed by atoms with Crippen LogP contribution in [0.2, 0.25) is 0 Å². The van der Waals surface area contributed by atoms with Gasteiger partial charge in [0.25, 0.3) is 0 Å². The Kier molecular flexibility index (Phi) is 8.86. The van der Waals surface area contributed by atoms with Crippen LogP contribution in [0.4, 0.5) is 0 Å². The van der Waals surface area contributed by atoms with E-state index in [0.29, 0.717) is 23.3 Å². The molecule has 0 aliphatic carbocycles. The van der Waals surface area contributed by atoms with E-state index in [1.807, 2.05) is 84.9 Å². The van der Waals surface area contributed by atoms with E-state index in [9.17, 15) is 0 Å². The summed E-state index contributed by atoms with van der Waals surface area (Å²) in [5, 5.41) is 0. The maximum Gasteiger partial charge on any atom is 0.164 e. The molecule has 0 aliphatic rings. The predicted octanol–water partition coefficient (Wildman–Crippen LogP) is 12.0. The lowest BCUT2D eigenvalue weighted by Crippen LogP contribution is -2.00. The highest BCUT2D eigenvalue weighted by Gasteiger charge is 2.14. The minimum Gasteiger partial charge on any atom is -0.228 e. The molecule has 0 spiro atoms. The maximum atomic E-state index is 5.07. The first-order valence-electron chi connectivity index (χ1n) is 17.9. The first kappa shape index (κ1) is 32.5. The Morgan fingerprint density at radius 2 is 0.500 bits per heavy atom. The molecule has 0 bridgehead atoms. The highest BCUT2D eigenvalue weighted by atomic mass is 15.0. The maximum absolute atomic E-state index is 5.07. The van der Waals surface area contributed by atoms with Gasteiger partial charge in [0.2, 0.25) is 0 Å². The number of benzene rings is 7. The van der Waals surface area contributed by atoms with Gasteiger partial charge in [0.1, 0.15) is 0 Å². The molecule has 2 heterocycles. The fourth-order valence-electron chi connectivity index (χ4n) is 6.56. The van der Waals surface area contributed by atoms with Gasteiger partial charge in [-0.05, 0) is 40.5 Å². The van der Waals surface area contributed by atoms with E-state index < -0.39 is 0 Å². The van der Waals surface area contributed by atoms with E-state index in [4.69, 9.17) is 24.9 Å². The van der Waals surface area contributed by atoms with Crippen molar-refractivity contribution in [3.05, 3.63) is 200 Å². The largest absolute Gasteiger partial charge is 0.228 e. The van der Waals surface area contributed by atoms with E-state index in [0.717, 1.165) is 61.5 Å². The van der Waals surface area contributed by atoms with Gasteiger partial charge in [-0.1, -0.05) is 182 Å². The Bertz CT molecular complexity index is 2620. The molecule has 9 rings (SSSR count). The Labute approximate surface area is 314 Å². The highest BCUT2D eigenvalue weighted by molar-refractivity contribution is 5.78. The summed E-state index contributed by atoms with van der Waals surface area (Å²) in [5.41, 5.74) is 12.0. The molecule has 5 nitrogen and oxygen atoms in total. The molecule has 7 aromatic carbocycles. The second-order valence-corrected chi connectivity index (χ2v) is 13.0. The smallest absolute Gasteiger partial charge is 0.164 e. The normalized spacial score (nSPS) is 11.0. The van der Waals surface area contributed by atoms with Crippen molar-refractivity contribution in [1.29, 1.82) is 0 Å². The van der Waals surface area contributed by atoms with Crippen LogP contribution >= 0.6 is 0 Å². The van der Waals surface area contributed by atoms with Crippen molar-refractivity contribution in [3.63, 3.8) is 0 Å². The van der Waals surface area contributed by atoms with Crippen molar-refractivity contribution in [1.82, 2.24) is 24.9 Å². The van der Waals surface area contributed by atoms with Crippen LogP contribution in [0.25, 0.3) is 90.3 Å². The van der Waals surface area contributed by atoms with E-state index in [-0.39, 0.29) is 0 Å². The first-order valence-corrected chi connectivity index (χ1v) is 17.9. The summed E-state index contributed by atoms with van der Waals surface area (Å²) in [4.78, 5) is 24.9. The van der Waals surface area contributed by atoms with E-state index in [2.05, 4.69) is 115 Å². The Hall–Kier alpha value is -7.37. The van der Waals surface area contributed by atoms with Gasteiger partial charge >= 0.3 is 0 Å². The van der Waals surface area contributed by atoms with Crippen LogP contribution in [0.3, 0.4) is 0 Å². The summed E-state index contributed by atoms with van der Waals surface area (Å²) in [6.07, 6.45) is 0. The summed E-state index contributed by atoms with van der Waals surface area (Å²) < 4.78 is 0. The van der Waals surface area contributed by atoms with E-state index in [1.54, 1.807) is 0 Å². The van der Waals surface area contributed by atoms with Crippen LogP contribution < -0.4 is 0 Å². The highest BCUT2D eigenvalue weighted by Crippen LogP contribution is 2.33. The lowest BCUT2D eigenvalue weighted by atomic mass is 9.99. The van der Waals surface area contributed by atoms with Gasteiger partial charge in [0, 0.05) is 33.4 Å². The molecule has 0 radical (unpaired) electrons. The number of nitrogens with zero attached hydrogens (tertiary/aromatic N) is 5. The van der Waals surface area contributed by atoms with Gasteiger partial charge in [-0.15, -0.1) is 0 Å². The zero-order valence-corrected chi connectivity index (χ0v) is 29.3. The Morgan fingerprint density at radius 1 is 0.185 bits per heavy atom. The summed E-state index contributed by atoms with van der Waals surface area (Å²) in [5.74, 6) is 2.59. The van der Waals surface area contributed by atoms with E-state index in [1.165, 1.54) is 5.56 Å². The Balaban J connectivity index is 1.07. The van der Waals surface area contributed by atoms with Crippen LogP contribution in [0.15, 0.2) is 200 Å². The molecule has 9 aromatic rings. The average Bonchev–Trinajstić information content (AvgIpc) is 3.27. The third-order valence-corrected chi connectivity index (χ3v) is 9.36. The molecule has 5 heteroatoms. The third-order valence-electron chi connectivity index (χ3n) is 9.36. The fourth-order valence-corrected chi connectivity index (χ4v) is 6.56. The number of hydrogen-bond donors (Lipinski definition) is 0. The molecule has 0 unspecified atom stereocenters. The van der Waals surface area contributed by atoms with Crippen LogP contribution in [0.1, 0.15) is 0 Å². The topological polar surface area (TPSA) is 64.5 Å². The zero-order valence-electron chi connectivity index (χ0n) is 29.3. The summed E-state index contributed by atoms with van der Waals surface area (Å²) in [7, 11) is 0. The van der Waals surface area contributed by atoms with E-state index >= 15 is 0 Å². The molecule has 254 valence electrons. The average molecular weight is 692 g/mol. The minimum atomic E-state index is 0.625. The van der Waals surface area contributed by atoms with Gasteiger partial charge in [0.15, 0.2) is 23.3 Å². The van der Waals surface area contributed by atoms with Gasteiger partial charge in [0.05, 0.1) is 11.4 Å². The molecule has 0 N–H and O–H groups in total. The van der Waals surface area contributed by atoms with Crippen LogP contribution in [0, 0.1) is 0 Å². The molecule has 0 saturated carbocycles. The molecule has 0 amide bonds. The first-order chi connectivity index (χ1) is 26.7. The van der Waals surface area contributed by atoms with Crippen molar-refractivity contribution in [2.45, 2.75) is 0 Å². The van der Waals surface area contributed by atoms with Crippen molar-refractivity contribution in [2.75, 3.05) is 0 Å². The number of rotatable bonds is 8. The molecule has 0 fully saturated rings. The van der Waals surface area contributed by atoms with Crippen LogP contribution in [-0.2, 0) is 0 Å². The SMILES string of the molecule is c1ccc(-c2cccc(-c3cc(-c4ccc(-c5cccc(-c6nc(-c7ccccc7)nc(-c7ccccc7)n6)c5)cc4)nc(-c4ccccc4)n3)c2)cc1. The molecule has 0 atom stereocenters. The molecular formula is C49H33N5. The number of hydrogen-bond acceptors (Lipinski definition) is 5. The van der Waals surface area contributed by atoms with Gasteiger partial charge < -0.3 is 0 Å². The fraction of sp³-hybridized carbons (Fsp3) is 0. The lowest BCUT2D eigenvalue weighted by molar-refractivity contribution is 1.07. The second-order valence-electron chi connectivity index (χ2n) is 13.0. The van der Waals surface area contributed by atoms with Crippen molar-refractivity contribution in [2.24, 2.45) is 0 Å². The number of aromatic nitrogens is 5. The van der Waals surface area contributed by atoms with Crippen LogP contribution in [0.5, 0.6) is 0 Å². The molecule has 0 aliphatic heterocycles. The minimum absolute atomic E-state index is 0.625. The molecule has 54 heavy (non-hydrogen) atoms. The van der Waals surface area contributed by atoms with Crippen molar-refractivity contribution >= 4 is 0 Å². The summed E-state index contributed by atoms with van der Waals surface area (Å²) in [6.45, 7) is 0. The van der Waals surface area contributed by atoms with Crippen LogP contribution in [-0.4, -0.2) is 24.9 Å². The zero-order chi connectivity index (χ0) is 36.1. The monoisotopic (exact) mass is 691 g/mol. The van der Waals surface area contributed by atoms with Gasteiger partial charge in [-0.25, -0.2) is 24.9 Å². The lowest BCUT2D eigenvalue weighted by Gasteiger charge is -2.12.